The molecule has 164 valence electrons. The molecule has 0 bridgehead atoms. The Morgan fingerprint density at radius 3 is 2.68 bits per heavy atom. The number of amides is 2. The third kappa shape index (κ3) is 6.43. The van der Waals surface area contributed by atoms with E-state index in [0.717, 1.165) is 38.2 Å². The van der Waals surface area contributed by atoms with Gasteiger partial charge in [0.25, 0.3) is 5.91 Å². The van der Waals surface area contributed by atoms with Crippen LogP contribution in [0.15, 0.2) is 61.2 Å². The van der Waals surface area contributed by atoms with Crippen LogP contribution in [0.2, 0.25) is 0 Å². The molecule has 2 amide bonds. The first-order valence-corrected chi connectivity index (χ1v) is 10.8. The van der Waals surface area contributed by atoms with Crippen LogP contribution in [0.25, 0.3) is 0 Å². The number of nitrogens with one attached hydrogen (secondary N) is 2. The number of hydrogen-bond acceptors (Lipinski definition) is 4. The number of rotatable bonds is 9. The Morgan fingerprint density at radius 2 is 1.94 bits per heavy atom. The molecular weight excluding hydrogens is 390 g/mol. The van der Waals surface area contributed by atoms with Crippen LogP contribution in [-0.4, -0.2) is 43.0 Å². The maximum Gasteiger partial charge on any atom is 0.253 e. The molecule has 1 aliphatic rings. The van der Waals surface area contributed by atoms with Crippen LogP contribution < -0.4 is 15.4 Å². The molecule has 0 saturated carbocycles. The first-order chi connectivity index (χ1) is 15.1. The molecule has 2 N–H and O–H groups in total. The quantitative estimate of drug-likeness (QED) is 0.604. The highest BCUT2D eigenvalue weighted by molar-refractivity contribution is 6.04. The van der Waals surface area contributed by atoms with E-state index >= 15 is 0 Å². The van der Waals surface area contributed by atoms with Crippen LogP contribution in [-0.2, 0) is 11.3 Å². The van der Waals surface area contributed by atoms with Gasteiger partial charge in [-0.3, -0.25) is 14.5 Å². The van der Waals surface area contributed by atoms with E-state index in [4.69, 9.17) is 4.74 Å². The molecule has 0 radical (unpaired) electrons. The fourth-order valence-electron chi connectivity index (χ4n) is 3.80. The average molecular weight is 422 g/mol. The summed E-state index contributed by atoms with van der Waals surface area (Å²) in [5, 5.41) is 5.72. The lowest BCUT2D eigenvalue weighted by atomic mass is 9.95. The Kier molecular flexibility index (Phi) is 8.24. The molecule has 6 nitrogen and oxygen atoms in total. The number of piperidine rings is 1. The molecule has 0 spiro atoms. The molecule has 2 aromatic carbocycles. The van der Waals surface area contributed by atoms with Gasteiger partial charge >= 0.3 is 0 Å². The van der Waals surface area contributed by atoms with Gasteiger partial charge in [-0.25, -0.2) is 0 Å². The van der Waals surface area contributed by atoms with Gasteiger partial charge in [0.05, 0.1) is 17.9 Å². The van der Waals surface area contributed by atoms with E-state index in [1.54, 1.807) is 24.3 Å². The van der Waals surface area contributed by atoms with Crippen LogP contribution >= 0.6 is 0 Å². The maximum atomic E-state index is 12.8. The highest BCUT2D eigenvalue weighted by Crippen LogP contribution is 2.23. The summed E-state index contributed by atoms with van der Waals surface area (Å²) in [5.74, 6) is 0.585. The number of hydrogen-bond donors (Lipinski definition) is 2. The number of carbonyl (C=O) groups excluding carboxylic acids is 2. The van der Waals surface area contributed by atoms with Crippen molar-refractivity contribution in [2.24, 2.45) is 5.92 Å². The van der Waals surface area contributed by atoms with Crippen molar-refractivity contribution in [2.75, 3.05) is 31.6 Å². The van der Waals surface area contributed by atoms with E-state index in [1.165, 1.54) is 5.56 Å². The predicted molar refractivity (Wildman–Crippen MR) is 123 cm³/mol. The summed E-state index contributed by atoms with van der Waals surface area (Å²) >= 11 is 0. The van der Waals surface area contributed by atoms with Crippen LogP contribution in [0, 0.1) is 5.92 Å². The first kappa shape index (κ1) is 22.6. The van der Waals surface area contributed by atoms with Crippen LogP contribution in [0.1, 0.15) is 35.7 Å². The Balaban J connectivity index is 1.53. The van der Waals surface area contributed by atoms with Gasteiger partial charge in [-0.1, -0.05) is 30.3 Å². The van der Waals surface area contributed by atoms with Gasteiger partial charge < -0.3 is 15.4 Å². The van der Waals surface area contributed by atoms with Crippen molar-refractivity contribution in [3.8, 4) is 5.75 Å². The van der Waals surface area contributed by atoms with Crippen molar-refractivity contribution in [1.29, 1.82) is 0 Å². The average Bonchev–Trinajstić information content (AvgIpc) is 2.79. The predicted octanol–water partition coefficient (Wildman–Crippen LogP) is 3.85. The highest BCUT2D eigenvalue weighted by atomic mass is 16.5. The molecule has 31 heavy (non-hydrogen) atoms. The number of ether oxygens (including phenoxy) is 1. The second kappa shape index (κ2) is 11.3. The number of carbonyl (C=O) groups is 2. The van der Waals surface area contributed by atoms with Crippen molar-refractivity contribution in [2.45, 2.75) is 26.3 Å². The normalized spacial score (nSPS) is 14.6. The smallest absolute Gasteiger partial charge is 0.253 e. The fourth-order valence-corrected chi connectivity index (χ4v) is 3.80. The summed E-state index contributed by atoms with van der Waals surface area (Å²) in [4.78, 5) is 27.5. The second-order valence-corrected chi connectivity index (χ2v) is 7.66. The maximum absolute atomic E-state index is 12.8. The van der Waals surface area contributed by atoms with Crippen molar-refractivity contribution >= 4 is 17.5 Å². The number of benzene rings is 2. The SMILES string of the molecule is C=CCNC(=O)c1ccccc1NC(=O)C1CCN(Cc2cccc(OCC)c2)CC1. The second-order valence-electron chi connectivity index (χ2n) is 7.66. The van der Waals surface area contributed by atoms with Gasteiger partial charge in [0.1, 0.15) is 5.75 Å². The van der Waals surface area contributed by atoms with Crippen LogP contribution in [0.5, 0.6) is 5.75 Å². The number of anilines is 1. The lowest BCUT2D eigenvalue weighted by molar-refractivity contribution is -0.121. The first-order valence-electron chi connectivity index (χ1n) is 10.8. The molecular formula is C25H31N3O3. The van der Waals surface area contributed by atoms with Crippen LogP contribution in [0.4, 0.5) is 5.69 Å². The summed E-state index contributed by atoms with van der Waals surface area (Å²) in [7, 11) is 0. The standard InChI is InChI=1S/C25H31N3O3/c1-3-14-26-25(30)22-10-5-6-11-23(22)27-24(29)20-12-15-28(16-13-20)18-19-8-7-9-21(17-19)31-4-2/h3,5-11,17,20H,1,4,12-16,18H2,2H3,(H,26,30)(H,27,29). The van der Waals surface area contributed by atoms with E-state index in [9.17, 15) is 9.59 Å². The molecule has 0 unspecified atom stereocenters. The molecule has 2 aromatic rings. The molecule has 6 heteroatoms. The van der Waals surface area contributed by atoms with Gasteiger partial charge in [-0.15, -0.1) is 6.58 Å². The summed E-state index contributed by atoms with van der Waals surface area (Å²) in [5.41, 5.74) is 2.22. The minimum atomic E-state index is -0.222. The lowest BCUT2D eigenvalue weighted by Gasteiger charge is -2.31. The largest absolute Gasteiger partial charge is 0.494 e. The van der Waals surface area contributed by atoms with Gasteiger partial charge in [0.2, 0.25) is 5.91 Å². The summed E-state index contributed by atoms with van der Waals surface area (Å²) in [6.45, 7) is 9.19. The van der Waals surface area contributed by atoms with Crippen molar-refractivity contribution in [3.63, 3.8) is 0 Å². The van der Waals surface area contributed by atoms with Gasteiger partial charge in [0.15, 0.2) is 0 Å². The van der Waals surface area contributed by atoms with E-state index in [2.05, 4.69) is 34.2 Å². The van der Waals surface area contributed by atoms with E-state index in [-0.39, 0.29) is 17.7 Å². The molecule has 3 rings (SSSR count). The fraction of sp³-hybridized carbons (Fsp3) is 0.360. The lowest BCUT2D eigenvalue weighted by Crippen LogP contribution is -2.38. The van der Waals surface area contributed by atoms with Crippen LogP contribution in [0.3, 0.4) is 0 Å². The number of likely N-dealkylation sites (tertiary alicyclic amines) is 1. The molecule has 0 atom stereocenters. The minimum Gasteiger partial charge on any atom is -0.494 e. The Hall–Kier alpha value is -3.12. The van der Waals surface area contributed by atoms with Gasteiger partial charge in [0, 0.05) is 19.0 Å². The van der Waals surface area contributed by atoms with E-state index in [0.29, 0.717) is 24.4 Å². The topological polar surface area (TPSA) is 70.7 Å². The third-order valence-electron chi connectivity index (χ3n) is 5.41. The third-order valence-corrected chi connectivity index (χ3v) is 5.41. The zero-order valence-corrected chi connectivity index (χ0v) is 18.1. The van der Waals surface area contributed by atoms with Crippen molar-refractivity contribution in [1.82, 2.24) is 10.2 Å². The molecule has 0 aromatic heterocycles. The highest BCUT2D eigenvalue weighted by Gasteiger charge is 2.26. The molecule has 0 aliphatic carbocycles. The zero-order chi connectivity index (χ0) is 22.1. The summed E-state index contributed by atoms with van der Waals surface area (Å²) in [6, 6.07) is 15.3. The van der Waals surface area contributed by atoms with Gasteiger partial charge in [-0.2, -0.15) is 0 Å². The summed E-state index contributed by atoms with van der Waals surface area (Å²) in [6.07, 6.45) is 3.21. The molecule has 1 aliphatic heterocycles. The van der Waals surface area contributed by atoms with E-state index in [1.807, 2.05) is 25.1 Å². The zero-order valence-electron chi connectivity index (χ0n) is 18.1. The summed E-state index contributed by atoms with van der Waals surface area (Å²) < 4.78 is 5.58. The molecule has 1 heterocycles. The molecule has 1 fully saturated rings. The monoisotopic (exact) mass is 421 g/mol. The van der Waals surface area contributed by atoms with E-state index < -0.39 is 0 Å². The van der Waals surface area contributed by atoms with Gasteiger partial charge in [-0.05, 0) is 62.7 Å². The number of nitrogens with zero attached hydrogens (tertiary/aromatic N) is 1. The minimum absolute atomic E-state index is 0.0260. The van der Waals surface area contributed by atoms with Crippen molar-refractivity contribution < 1.29 is 14.3 Å². The molecule has 1 saturated heterocycles. The Labute approximate surface area is 184 Å². The Morgan fingerprint density at radius 1 is 1.16 bits per heavy atom. The number of para-hydroxylation sites is 1. The van der Waals surface area contributed by atoms with Crippen molar-refractivity contribution in [3.05, 3.63) is 72.3 Å². The Bertz CT molecular complexity index is 904.